The Hall–Kier alpha value is -1.48. The zero-order valence-corrected chi connectivity index (χ0v) is 13.2. The van der Waals surface area contributed by atoms with Crippen LogP contribution in [0.3, 0.4) is 0 Å². The Kier molecular flexibility index (Phi) is 4.49. The summed E-state index contributed by atoms with van der Waals surface area (Å²) in [5.74, 6) is 1.79. The van der Waals surface area contributed by atoms with E-state index < -0.39 is 0 Å². The van der Waals surface area contributed by atoms with Gasteiger partial charge in [0.25, 0.3) is 0 Å². The number of carbonyl (C=O) groups excluding carboxylic acids is 1. The van der Waals surface area contributed by atoms with Crippen LogP contribution in [0.1, 0.15) is 25.3 Å². The molecule has 2 nitrogen and oxygen atoms in total. The topological polar surface area (TPSA) is 20.3 Å². The van der Waals surface area contributed by atoms with E-state index in [9.17, 15) is 4.79 Å². The minimum absolute atomic E-state index is 0.297. The molecule has 2 aromatic carbocycles. The highest BCUT2D eigenvalue weighted by Gasteiger charge is 2.30. The lowest BCUT2D eigenvalue weighted by Crippen LogP contribution is -2.34. The van der Waals surface area contributed by atoms with Gasteiger partial charge in [0, 0.05) is 18.3 Å². The Labute approximate surface area is 130 Å². The third kappa shape index (κ3) is 3.41. The molecule has 0 N–H and O–H groups in total. The zero-order chi connectivity index (χ0) is 14.7. The first-order valence-electron chi connectivity index (χ1n) is 7.63. The van der Waals surface area contributed by atoms with Gasteiger partial charge in [-0.05, 0) is 36.1 Å². The normalized spacial score (nSPS) is 14.3. The molecule has 1 aliphatic carbocycles. The summed E-state index contributed by atoms with van der Waals surface area (Å²) in [4.78, 5) is 14.3. The van der Waals surface area contributed by atoms with Crippen LogP contribution in [0, 0.1) is 0 Å². The van der Waals surface area contributed by atoms with E-state index in [-0.39, 0.29) is 0 Å². The number of amides is 1. The van der Waals surface area contributed by atoms with E-state index in [1.54, 1.807) is 11.8 Å². The number of hydrogen-bond donors (Lipinski definition) is 0. The SMILES string of the molecule is CCN(C(=O)CSCc1cccc2ccccc12)C1CC1. The second-order valence-electron chi connectivity index (χ2n) is 5.54. The quantitative estimate of drug-likeness (QED) is 0.801. The predicted octanol–water partition coefficient (Wildman–Crippen LogP) is 4.08. The third-order valence-corrected chi connectivity index (χ3v) is 4.98. The molecule has 0 spiro atoms. The monoisotopic (exact) mass is 299 g/mol. The van der Waals surface area contributed by atoms with E-state index in [4.69, 9.17) is 0 Å². The van der Waals surface area contributed by atoms with Gasteiger partial charge in [0.05, 0.1) is 5.75 Å². The molecule has 0 atom stereocenters. The van der Waals surface area contributed by atoms with Gasteiger partial charge in [-0.2, -0.15) is 0 Å². The Morgan fingerprint density at radius 2 is 1.95 bits per heavy atom. The lowest BCUT2D eigenvalue weighted by molar-refractivity contribution is -0.128. The highest BCUT2D eigenvalue weighted by Crippen LogP contribution is 2.28. The summed E-state index contributed by atoms with van der Waals surface area (Å²) in [7, 11) is 0. The molecule has 1 amide bonds. The smallest absolute Gasteiger partial charge is 0.232 e. The molecular weight excluding hydrogens is 278 g/mol. The van der Waals surface area contributed by atoms with E-state index in [0.29, 0.717) is 17.7 Å². The maximum absolute atomic E-state index is 12.2. The van der Waals surface area contributed by atoms with Gasteiger partial charge >= 0.3 is 0 Å². The van der Waals surface area contributed by atoms with Gasteiger partial charge in [-0.15, -0.1) is 11.8 Å². The molecule has 1 saturated carbocycles. The molecule has 3 heteroatoms. The number of nitrogens with zero attached hydrogens (tertiary/aromatic N) is 1. The minimum atomic E-state index is 0.297. The number of hydrogen-bond acceptors (Lipinski definition) is 2. The number of thioether (sulfide) groups is 1. The Morgan fingerprint density at radius 3 is 2.71 bits per heavy atom. The van der Waals surface area contributed by atoms with Crippen LogP contribution in [0.2, 0.25) is 0 Å². The molecule has 0 aliphatic heterocycles. The molecule has 2 aromatic rings. The molecule has 0 unspecified atom stereocenters. The van der Waals surface area contributed by atoms with E-state index in [1.807, 2.05) is 4.90 Å². The molecule has 110 valence electrons. The molecule has 3 rings (SSSR count). The van der Waals surface area contributed by atoms with Crippen molar-refractivity contribution in [3.05, 3.63) is 48.0 Å². The van der Waals surface area contributed by atoms with Gasteiger partial charge in [0.2, 0.25) is 5.91 Å². The van der Waals surface area contributed by atoms with Gasteiger partial charge in [-0.25, -0.2) is 0 Å². The van der Waals surface area contributed by atoms with Gasteiger partial charge in [-0.3, -0.25) is 4.79 Å². The summed E-state index contributed by atoms with van der Waals surface area (Å²) in [5, 5.41) is 2.57. The Bertz CT molecular complexity index is 631. The van der Waals surface area contributed by atoms with Crippen molar-refractivity contribution in [2.45, 2.75) is 31.6 Å². The van der Waals surface area contributed by atoms with Crippen molar-refractivity contribution in [2.24, 2.45) is 0 Å². The molecule has 21 heavy (non-hydrogen) atoms. The van der Waals surface area contributed by atoms with E-state index >= 15 is 0 Å². The fourth-order valence-electron chi connectivity index (χ4n) is 2.77. The highest BCUT2D eigenvalue weighted by atomic mass is 32.2. The molecular formula is C18H21NOS. The summed E-state index contributed by atoms with van der Waals surface area (Å²) in [5.41, 5.74) is 1.32. The van der Waals surface area contributed by atoms with Crippen molar-refractivity contribution in [1.82, 2.24) is 4.90 Å². The van der Waals surface area contributed by atoms with Crippen molar-refractivity contribution in [3.63, 3.8) is 0 Å². The molecule has 0 saturated heterocycles. The zero-order valence-electron chi connectivity index (χ0n) is 12.4. The van der Waals surface area contributed by atoms with Crippen LogP contribution in [-0.2, 0) is 10.5 Å². The summed E-state index contributed by atoms with van der Waals surface area (Å²) < 4.78 is 0. The van der Waals surface area contributed by atoms with Crippen LogP contribution in [0.15, 0.2) is 42.5 Å². The van der Waals surface area contributed by atoms with Gasteiger partial charge in [-0.1, -0.05) is 42.5 Å². The van der Waals surface area contributed by atoms with Crippen molar-refractivity contribution >= 4 is 28.4 Å². The van der Waals surface area contributed by atoms with Crippen LogP contribution in [0.5, 0.6) is 0 Å². The number of carbonyl (C=O) groups is 1. The Balaban J connectivity index is 1.60. The first kappa shape index (κ1) is 14.5. The fourth-order valence-corrected chi connectivity index (χ4v) is 3.69. The largest absolute Gasteiger partial charge is 0.339 e. The van der Waals surface area contributed by atoms with Gasteiger partial charge < -0.3 is 4.90 Å². The lowest BCUT2D eigenvalue weighted by atomic mass is 10.1. The molecule has 0 radical (unpaired) electrons. The van der Waals surface area contributed by atoms with Crippen LogP contribution >= 0.6 is 11.8 Å². The number of fused-ring (bicyclic) bond motifs is 1. The van der Waals surface area contributed by atoms with E-state index in [0.717, 1.165) is 12.3 Å². The second kappa shape index (κ2) is 6.52. The van der Waals surface area contributed by atoms with Crippen molar-refractivity contribution in [2.75, 3.05) is 12.3 Å². The van der Waals surface area contributed by atoms with Crippen LogP contribution < -0.4 is 0 Å². The number of benzene rings is 2. The maximum atomic E-state index is 12.2. The highest BCUT2D eigenvalue weighted by molar-refractivity contribution is 7.99. The third-order valence-electron chi connectivity index (χ3n) is 4.01. The Morgan fingerprint density at radius 1 is 1.19 bits per heavy atom. The van der Waals surface area contributed by atoms with Crippen LogP contribution in [-0.4, -0.2) is 29.1 Å². The first-order valence-corrected chi connectivity index (χ1v) is 8.79. The maximum Gasteiger partial charge on any atom is 0.232 e. The first-order chi connectivity index (χ1) is 10.3. The standard InChI is InChI=1S/C18H21NOS/c1-2-19(16-10-11-16)18(20)13-21-12-15-8-5-7-14-6-3-4-9-17(14)15/h3-9,16H,2,10-13H2,1H3. The molecule has 0 heterocycles. The average Bonchev–Trinajstić information content (AvgIpc) is 3.33. The van der Waals surface area contributed by atoms with Crippen molar-refractivity contribution < 1.29 is 4.79 Å². The molecule has 0 aromatic heterocycles. The van der Waals surface area contributed by atoms with Crippen molar-refractivity contribution in [1.29, 1.82) is 0 Å². The van der Waals surface area contributed by atoms with Crippen molar-refractivity contribution in [3.8, 4) is 0 Å². The molecule has 1 aliphatic rings. The van der Waals surface area contributed by atoms with Crippen LogP contribution in [0.25, 0.3) is 10.8 Å². The number of rotatable bonds is 6. The summed E-state index contributed by atoms with van der Waals surface area (Å²) in [6.45, 7) is 2.92. The molecule has 1 fully saturated rings. The minimum Gasteiger partial charge on any atom is -0.339 e. The molecule has 0 bridgehead atoms. The average molecular weight is 299 g/mol. The summed E-state index contributed by atoms with van der Waals surface area (Å²) >= 11 is 1.73. The predicted molar refractivity (Wildman–Crippen MR) is 90.5 cm³/mol. The van der Waals surface area contributed by atoms with E-state index in [2.05, 4.69) is 49.4 Å². The fraction of sp³-hybridized carbons (Fsp3) is 0.389. The lowest BCUT2D eigenvalue weighted by Gasteiger charge is -2.20. The summed E-state index contributed by atoms with van der Waals surface area (Å²) in [6.07, 6.45) is 2.38. The summed E-state index contributed by atoms with van der Waals surface area (Å²) in [6, 6.07) is 15.4. The van der Waals surface area contributed by atoms with Gasteiger partial charge in [0.15, 0.2) is 0 Å². The second-order valence-corrected chi connectivity index (χ2v) is 6.53. The van der Waals surface area contributed by atoms with E-state index in [1.165, 1.54) is 29.2 Å². The van der Waals surface area contributed by atoms with Gasteiger partial charge in [0.1, 0.15) is 0 Å². The van der Waals surface area contributed by atoms with Crippen LogP contribution in [0.4, 0.5) is 0 Å².